The van der Waals surface area contributed by atoms with E-state index in [1.165, 1.54) is 12.5 Å². The highest BCUT2D eigenvalue weighted by Crippen LogP contribution is 2.24. The van der Waals surface area contributed by atoms with Crippen molar-refractivity contribution in [2.24, 2.45) is 7.05 Å². The molecule has 0 aliphatic carbocycles. The molecule has 1 aliphatic rings. The number of imidazole rings is 1. The number of piperidine rings is 1. The van der Waals surface area contributed by atoms with Crippen molar-refractivity contribution >= 4 is 34.9 Å². The van der Waals surface area contributed by atoms with Crippen molar-refractivity contribution < 1.29 is 10.0 Å². The number of carbonyl (C=O) groups is 1. The van der Waals surface area contributed by atoms with Gasteiger partial charge in [0.15, 0.2) is 17.0 Å². The predicted molar refractivity (Wildman–Crippen MR) is 115 cm³/mol. The molecule has 4 rings (SSSR count). The van der Waals surface area contributed by atoms with Crippen LogP contribution >= 0.6 is 0 Å². The lowest BCUT2D eigenvalue weighted by Gasteiger charge is -2.27. The molecular formula is C21H25N7O2. The molecule has 9 nitrogen and oxygen atoms in total. The molecule has 0 saturated carbocycles. The van der Waals surface area contributed by atoms with Gasteiger partial charge in [-0.2, -0.15) is 9.97 Å². The maximum Gasteiger partial charge on any atom is 0.267 e. The average molecular weight is 407 g/mol. The Labute approximate surface area is 174 Å². The molecular weight excluding hydrogens is 382 g/mol. The van der Waals surface area contributed by atoms with E-state index < -0.39 is 5.91 Å². The molecule has 0 spiro atoms. The van der Waals surface area contributed by atoms with Gasteiger partial charge in [-0.1, -0.05) is 18.2 Å². The SMILES string of the molecule is Cn1cnc2c(NCc3cccc(/C=C/C(=O)NO)c3)nc(N3CCCCC3)nc21. The molecule has 2 aromatic heterocycles. The van der Waals surface area contributed by atoms with Gasteiger partial charge in [-0.05, 0) is 42.5 Å². The summed E-state index contributed by atoms with van der Waals surface area (Å²) in [5, 5.41) is 12.0. The molecule has 3 heterocycles. The van der Waals surface area contributed by atoms with E-state index in [2.05, 4.69) is 15.2 Å². The second kappa shape index (κ2) is 8.91. The fraction of sp³-hybridized carbons (Fsp3) is 0.333. The summed E-state index contributed by atoms with van der Waals surface area (Å²) in [4.78, 5) is 27.4. The molecule has 1 amide bonds. The monoisotopic (exact) mass is 407 g/mol. The van der Waals surface area contributed by atoms with Crippen LogP contribution in [0.2, 0.25) is 0 Å². The number of rotatable bonds is 6. The molecule has 1 saturated heterocycles. The van der Waals surface area contributed by atoms with Crippen LogP contribution in [0.5, 0.6) is 0 Å². The molecule has 156 valence electrons. The van der Waals surface area contributed by atoms with Gasteiger partial charge < -0.3 is 14.8 Å². The summed E-state index contributed by atoms with van der Waals surface area (Å²) in [6, 6.07) is 7.78. The van der Waals surface area contributed by atoms with Gasteiger partial charge in [-0.25, -0.2) is 10.5 Å². The van der Waals surface area contributed by atoms with E-state index in [0.717, 1.165) is 54.2 Å². The molecule has 1 fully saturated rings. The lowest BCUT2D eigenvalue weighted by molar-refractivity contribution is -0.124. The Morgan fingerprint density at radius 1 is 1.23 bits per heavy atom. The summed E-state index contributed by atoms with van der Waals surface area (Å²) in [6.07, 6.45) is 8.24. The lowest BCUT2D eigenvalue weighted by Crippen LogP contribution is -2.31. The van der Waals surface area contributed by atoms with Crippen LogP contribution in [-0.4, -0.2) is 43.7 Å². The number of aromatic nitrogens is 4. The summed E-state index contributed by atoms with van der Waals surface area (Å²) >= 11 is 0. The van der Waals surface area contributed by atoms with Gasteiger partial charge in [0.1, 0.15) is 0 Å². The Hall–Kier alpha value is -3.46. The van der Waals surface area contributed by atoms with Crippen LogP contribution in [0.4, 0.5) is 11.8 Å². The molecule has 9 heteroatoms. The highest BCUT2D eigenvalue weighted by molar-refractivity contribution is 5.90. The van der Waals surface area contributed by atoms with Gasteiger partial charge in [-0.15, -0.1) is 0 Å². The first-order valence-electron chi connectivity index (χ1n) is 10.0. The van der Waals surface area contributed by atoms with Crippen molar-refractivity contribution in [2.45, 2.75) is 25.8 Å². The minimum atomic E-state index is -0.567. The fourth-order valence-corrected chi connectivity index (χ4v) is 3.56. The number of amides is 1. The molecule has 3 aromatic rings. The minimum Gasteiger partial charge on any atom is -0.364 e. The Kier molecular flexibility index (Phi) is 5.89. The van der Waals surface area contributed by atoms with Gasteiger partial charge in [0.05, 0.1) is 6.33 Å². The maximum atomic E-state index is 11.2. The normalized spacial score (nSPS) is 14.4. The topological polar surface area (TPSA) is 108 Å². The number of benzene rings is 1. The van der Waals surface area contributed by atoms with Crippen molar-refractivity contribution in [2.75, 3.05) is 23.3 Å². The third-order valence-corrected chi connectivity index (χ3v) is 5.14. The number of carbonyl (C=O) groups excluding carboxylic acids is 1. The average Bonchev–Trinajstić information content (AvgIpc) is 3.17. The Balaban J connectivity index is 1.56. The minimum absolute atomic E-state index is 0.552. The Morgan fingerprint density at radius 2 is 2.07 bits per heavy atom. The lowest BCUT2D eigenvalue weighted by atomic mass is 10.1. The zero-order valence-electron chi connectivity index (χ0n) is 16.9. The Morgan fingerprint density at radius 3 is 2.87 bits per heavy atom. The van der Waals surface area contributed by atoms with Crippen LogP contribution in [0.3, 0.4) is 0 Å². The molecule has 3 N–H and O–H groups in total. The third-order valence-electron chi connectivity index (χ3n) is 5.14. The van der Waals surface area contributed by atoms with Crippen LogP contribution in [0.1, 0.15) is 30.4 Å². The first-order chi connectivity index (χ1) is 14.6. The number of hydroxylamine groups is 1. The van der Waals surface area contributed by atoms with Crippen molar-refractivity contribution in [1.82, 2.24) is 25.0 Å². The van der Waals surface area contributed by atoms with E-state index >= 15 is 0 Å². The van der Waals surface area contributed by atoms with E-state index in [4.69, 9.17) is 15.2 Å². The number of nitrogens with zero attached hydrogens (tertiary/aromatic N) is 5. The molecule has 1 aliphatic heterocycles. The number of fused-ring (bicyclic) bond motifs is 1. The molecule has 0 unspecified atom stereocenters. The summed E-state index contributed by atoms with van der Waals surface area (Å²) in [5.74, 6) is 0.879. The number of nitrogens with one attached hydrogen (secondary N) is 2. The summed E-state index contributed by atoms with van der Waals surface area (Å²) in [7, 11) is 1.93. The van der Waals surface area contributed by atoms with Crippen molar-refractivity contribution in [3.8, 4) is 0 Å². The first-order valence-corrected chi connectivity index (χ1v) is 10.0. The number of hydrogen-bond donors (Lipinski definition) is 3. The zero-order chi connectivity index (χ0) is 20.9. The highest BCUT2D eigenvalue weighted by atomic mass is 16.5. The number of aryl methyl sites for hydroxylation is 1. The second-order valence-corrected chi connectivity index (χ2v) is 7.36. The van der Waals surface area contributed by atoms with Crippen LogP contribution in [0.15, 0.2) is 36.7 Å². The number of hydrogen-bond acceptors (Lipinski definition) is 7. The largest absolute Gasteiger partial charge is 0.364 e. The number of anilines is 2. The van der Waals surface area contributed by atoms with E-state index in [0.29, 0.717) is 12.4 Å². The fourth-order valence-electron chi connectivity index (χ4n) is 3.56. The van der Waals surface area contributed by atoms with Crippen molar-refractivity contribution in [1.29, 1.82) is 0 Å². The van der Waals surface area contributed by atoms with Crippen LogP contribution in [-0.2, 0) is 18.4 Å². The van der Waals surface area contributed by atoms with Gasteiger partial charge in [0.2, 0.25) is 5.95 Å². The van der Waals surface area contributed by atoms with Gasteiger partial charge in [0.25, 0.3) is 5.91 Å². The summed E-state index contributed by atoms with van der Waals surface area (Å²) < 4.78 is 1.91. The smallest absolute Gasteiger partial charge is 0.267 e. The van der Waals surface area contributed by atoms with Gasteiger partial charge >= 0.3 is 0 Å². The van der Waals surface area contributed by atoms with Crippen LogP contribution in [0.25, 0.3) is 17.2 Å². The zero-order valence-corrected chi connectivity index (χ0v) is 16.9. The molecule has 0 atom stereocenters. The molecule has 1 aromatic carbocycles. The van der Waals surface area contributed by atoms with E-state index in [1.807, 2.05) is 35.9 Å². The second-order valence-electron chi connectivity index (χ2n) is 7.36. The van der Waals surface area contributed by atoms with E-state index in [9.17, 15) is 4.79 Å². The van der Waals surface area contributed by atoms with Crippen LogP contribution < -0.4 is 15.7 Å². The molecule has 30 heavy (non-hydrogen) atoms. The van der Waals surface area contributed by atoms with E-state index in [1.54, 1.807) is 17.9 Å². The van der Waals surface area contributed by atoms with Crippen molar-refractivity contribution in [3.05, 3.63) is 47.8 Å². The highest BCUT2D eigenvalue weighted by Gasteiger charge is 2.18. The predicted octanol–water partition coefficient (Wildman–Crippen LogP) is 2.48. The molecule has 0 bridgehead atoms. The van der Waals surface area contributed by atoms with E-state index in [-0.39, 0.29) is 0 Å². The summed E-state index contributed by atoms with van der Waals surface area (Å²) in [5.41, 5.74) is 5.02. The standard InChI is InChI=1S/C21H25N7O2/c1-27-14-23-18-19(24-21(25-20(18)27)28-10-3-2-4-11-28)22-13-16-7-5-6-15(12-16)8-9-17(29)26-30/h5-9,12,14,30H,2-4,10-11,13H2,1H3,(H,26,29)(H,22,24,25)/b9-8+. The van der Waals surface area contributed by atoms with Gasteiger partial charge in [0, 0.05) is 32.8 Å². The van der Waals surface area contributed by atoms with Crippen LogP contribution in [0, 0.1) is 0 Å². The Bertz CT molecular complexity index is 1070. The summed E-state index contributed by atoms with van der Waals surface area (Å²) in [6.45, 7) is 2.49. The van der Waals surface area contributed by atoms with Crippen molar-refractivity contribution in [3.63, 3.8) is 0 Å². The first kappa shape index (κ1) is 19.8. The van der Waals surface area contributed by atoms with Gasteiger partial charge in [-0.3, -0.25) is 10.0 Å². The maximum absolute atomic E-state index is 11.2. The molecule has 0 radical (unpaired) electrons. The quantitative estimate of drug-likeness (QED) is 0.327. The third kappa shape index (κ3) is 4.41.